The normalized spacial score (nSPS) is 15.4. The van der Waals surface area contributed by atoms with Crippen molar-refractivity contribution in [3.63, 3.8) is 0 Å². The molecule has 0 bridgehead atoms. The van der Waals surface area contributed by atoms with Gasteiger partial charge >= 0.3 is 0 Å². The topological polar surface area (TPSA) is 68.3 Å². The van der Waals surface area contributed by atoms with Gasteiger partial charge < -0.3 is 15.2 Å². The molecule has 1 aromatic carbocycles. The van der Waals surface area contributed by atoms with Gasteiger partial charge in [0.25, 0.3) is 0 Å². The highest BCUT2D eigenvalue weighted by Gasteiger charge is 2.18. The van der Waals surface area contributed by atoms with Crippen LogP contribution in [0.15, 0.2) is 18.2 Å². The summed E-state index contributed by atoms with van der Waals surface area (Å²) in [6, 6.07) is 5.64. The van der Waals surface area contributed by atoms with Crippen LogP contribution in [0, 0.1) is 5.41 Å². The number of nitrogen functional groups attached to an aromatic ring is 1. The average molecular weight is 234 g/mol. The number of hydrogen-bond acceptors (Lipinski definition) is 3. The Labute approximate surface area is 101 Å². The van der Waals surface area contributed by atoms with Crippen molar-refractivity contribution in [1.82, 2.24) is 0 Å². The van der Waals surface area contributed by atoms with Crippen LogP contribution in [0.3, 0.4) is 0 Å². The fraction of sp³-hybridized carbons (Fsp3) is 0.462. The summed E-state index contributed by atoms with van der Waals surface area (Å²) in [5, 5.41) is 7.50. The Bertz CT molecular complexity index is 414. The molecule has 1 saturated carbocycles. The van der Waals surface area contributed by atoms with Crippen molar-refractivity contribution in [3.05, 3.63) is 29.3 Å². The highest BCUT2D eigenvalue weighted by atomic mass is 16.5. The second-order valence-corrected chi connectivity index (χ2v) is 4.31. The lowest BCUT2D eigenvalue weighted by Crippen LogP contribution is -2.21. The van der Waals surface area contributed by atoms with E-state index in [-0.39, 0.29) is 5.84 Å². The molecule has 0 amide bonds. The van der Waals surface area contributed by atoms with Crippen LogP contribution in [0.5, 0.6) is 5.75 Å². The number of amidine groups is 1. The maximum Gasteiger partial charge on any atom is 0.129 e. The third kappa shape index (κ3) is 2.77. The van der Waals surface area contributed by atoms with E-state index >= 15 is 0 Å². The van der Waals surface area contributed by atoms with Crippen molar-refractivity contribution in [2.75, 3.05) is 7.11 Å². The van der Waals surface area contributed by atoms with E-state index in [9.17, 15) is 0 Å². The summed E-state index contributed by atoms with van der Waals surface area (Å²) >= 11 is 0. The first-order valence-corrected chi connectivity index (χ1v) is 5.83. The number of benzene rings is 1. The van der Waals surface area contributed by atoms with Crippen LogP contribution in [0.25, 0.3) is 0 Å². The fourth-order valence-electron chi connectivity index (χ4n) is 1.81. The Morgan fingerprint density at radius 1 is 1.47 bits per heavy atom. The third-order valence-electron chi connectivity index (χ3n) is 3.09. The second kappa shape index (κ2) is 5.19. The van der Waals surface area contributed by atoms with Gasteiger partial charge in [0.1, 0.15) is 11.6 Å². The number of hydrogen-bond donors (Lipinski definition) is 2. The van der Waals surface area contributed by atoms with Crippen molar-refractivity contribution < 1.29 is 9.47 Å². The largest absolute Gasteiger partial charge is 0.496 e. The molecule has 1 aliphatic rings. The van der Waals surface area contributed by atoms with Crippen molar-refractivity contribution >= 4 is 5.84 Å². The van der Waals surface area contributed by atoms with E-state index in [4.69, 9.17) is 20.6 Å². The summed E-state index contributed by atoms with van der Waals surface area (Å²) < 4.78 is 10.9. The summed E-state index contributed by atoms with van der Waals surface area (Å²) in [6.07, 6.45) is 4.01. The molecule has 4 heteroatoms. The molecule has 92 valence electrons. The van der Waals surface area contributed by atoms with Gasteiger partial charge in [-0.05, 0) is 37.0 Å². The molecule has 0 spiro atoms. The summed E-state index contributed by atoms with van der Waals surface area (Å²) in [5.41, 5.74) is 7.17. The van der Waals surface area contributed by atoms with Crippen LogP contribution in [-0.2, 0) is 11.3 Å². The number of methoxy groups -OCH3 is 1. The lowest BCUT2D eigenvalue weighted by molar-refractivity contribution is -0.00867. The Morgan fingerprint density at radius 2 is 2.24 bits per heavy atom. The van der Waals surface area contributed by atoms with Crippen LogP contribution >= 0.6 is 0 Å². The maximum atomic E-state index is 7.50. The molecular formula is C13H18N2O2. The molecule has 0 aliphatic heterocycles. The first-order chi connectivity index (χ1) is 8.20. The third-order valence-corrected chi connectivity index (χ3v) is 3.09. The number of ether oxygens (including phenoxy) is 2. The minimum atomic E-state index is 0.0207. The SMILES string of the molecule is COc1ccc(COC2CCC2)cc1C(=N)N. The quantitative estimate of drug-likeness (QED) is 0.605. The molecule has 0 heterocycles. The molecule has 0 atom stereocenters. The Kier molecular flexibility index (Phi) is 3.64. The first-order valence-electron chi connectivity index (χ1n) is 5.83. The van der Waals surface area contributed by atoms with Crippen LogP contribution < -0.4 is 10.5 Å². The van der Waals surface area contributed by atoms with Crippen LogP contribution in [-0.4, -0.2) is 19.0 Å². The number of rotatable bonds is 5. The zero-order valence-corrected chi connectivity index (χ0v) is 10.0. The summed E-state index contributed by atoms with van der Waals surface area (Å²) in [4.78, 5) is 0. The van der Waals surface area contributed by atoms with Crippen LogP contribution in [0.4, 0.5) is 0 Å². The molecule has 0 radical (unpaired) electrons. The molecule has 1 aliphatic carbocycles. The van der Waals surface area contributed by atoms with Crippen molar-refractivity contribution in [1.29, 1.82) is 5.41 Å². The van der Waals surface area contributed by atoms with E-state index in [1.165, 1.54) is 6.42 Å². The standard InChI is InChI=1S/C13H18N2O2/c1-16-12-6-5-9(7-11(12)13(14)15)8-17-10-3-2-4-10/h5-7,10H,2-4,8H2,1H3,(H3,14,15). The van der Waals surface area contributed by atoms with Gasteiger partial charge in [-0.2, -0.15) is 0 Å². The van der Waals surface area contributed by atoms with Gasteiger partial charge in [0.05, 0.1) is 25.4 Å². The van der Waals surface area contributed by atoms with E-state index < -0.39 is 0 Å². The molecule has 2 rings (SSSR count). The predicted molar refractivity (Wildman–Crippen MR) is 66.4 cm³/mol. The molecule has 1 fully saturated rings. The first kappa shape index (κ1) is 11.9. The molecule has 3 N–H and O–H groups in total. The second-order valence-electron chi connectivity index (χ2n) is 4.31. The highest BCUT2D eigenvalue weighted by Crippen LogP contribution is 2.24. The fourth-order valence-corrected chi connectivity index (χ4v) is 1.81. The van der Waals surface area contributed by atoms with E-state index in [0.717, 1.165) is 18.4 Å². The van der Waals surface area contributed by atoms with Crippen molar-refractivity contribution in [2.24, 2.45) is 5.73 Å². The van der Waals surface area contributed by atoms with Gasteiger partial charge in [-0.1, -0.05) is 6.07 Å². The van der Waals surface area contributed by atoms with E-state index in [1.807, 2.05) is 18.2 Å². The highest BCUT2D eigenvalue weighted by molar-refractivity contribution is 5.97. The smallest absolute Gasteiger partial charge is 0.129 e. The Morgan fingerprint density at radius 3 is 2.76 bits per heavy atom. The average Bonchev–Trinajstić information content (AvgIpc) is 2.26. The van der Waals surface area contributed by atoms with Gasteiger partial charge in [0.15, 0.2) is 0 Å². The number of nitrogens with two attached hydrogens (primary N) is 1. The molecular weight excluding hydrogens is 216 g/mol. The molecule has 1 aromatic rings. The van der Waals surface area contributed by atoms with Crippen LogP contribution in [0.1, 0.15) is 30.4 Å². The predicted octanol–water partition coefficient (Wildman–Crippen LogP) is 2.05. The molecule has 4 nitrogen and oxygen atoms in total. The van der Waals surface area contributed by atoms with E-state index in [1.54, 1.807) is 7.11 Å². The molecule has 0 unspecified atom stereocenters. The summed E-state index contributed by atoms with van der Waals surface area (Å²) in [5.74, 6) is 0.650. The summed E-state index contributed by atoms with van der Waals surface area (Å²) in [6.45, 7) is 0.578. The van der Waals surface area contributed by atoms with Crippen LogP contribution in [0.2, 0.25) is 0 Å². The van der Waals surface area contributed by atoms with Crippen molar-refractivity contribution in [3.8, 4) is 5.75 Å². The zero-order valence-electron chi connectivity index (χ0n) is 10.0. The monoisotopic (exact) mass is 234 g/mol. The number of nitrogens with one attached hydrogen (secondary N) is 1. The minimum Gasteiger partial charge on any atom is -0.496 e. The minimum absolute atomic E-state index is 0.0207. The van der Waals surface area contributed by atoms with Gasteiger partial charge in [-0.3, -0.25) is 5.41 Å². The van der Waals surface area contributed by atoms with Gasteiger partial charge in [-0.15, -0.1) is 0 Å². The van der Waals surface area contributed by atoms with E-state index in [0.29, 0.717) is 24.0 Å². The zero-order chi connectivity index (χ0) is 12.3. The molecule has 0 saturated heterocycles. The molecule has 17 heavy (non-hydrogen) atoms. The molecule has 0 aromatic heterocycles. The van der Waals surface area contributed by atoms with E-state index in [2.05, 4.69) is 0 Å². The lowest BCUT2D eigenvalue weighted by Gasteiger charge is -2.25. The Hall–Kier alpha value is -1.55. The summed E-state index contributed by atoms with van der Waals surface area (Å²) in [7, 11) is 1.58. The Balaban J connectivity index is 2.06. The maximum absolute atomic E-state index is 7.50. The van der Waals surface area contributed by atoms with Gasteiger partial charge in [0.2, 0.25) is 0 Å². The van der Waals surface area contributed by atoms with Crippen molar-refractivity contribution in [2.45, 2.75) is 32.0 Å². The lowest BCUT2D eigenvalue weighted by atomic mass is 9.96. The van der Waals surface area contributed by atoms with Gasteiger partial charge in [0, 0.05) is 0 Å². The van der Waals surface area contributed by atoms with Gasteiger partial charge in [-0.25, -0.2) is 0 Å².